The lowest BCUT2D eigenvalue weighted by Gasteiger charge is -2.20. The average Bonchev–Trinajstić information content (AvgIpc) is 2.35. The van der Waals surface area contributed by atoms with Gasteiger partial charge in [0.15, 0.2) is 5.96 Å². The molecule has 7 N–H and O–H groups in total. The van der Waals surface area contributed by atoms with Crippen LogP contribution in [0.4, 0.5) is 0 Å². The molecule has 120 valence electrons. The molecule has 10 heteroatoms. The summed E-state index contributed by atoms with van der Waals surface area (Å²) in [6.45, 7) is 0.300. The smallest absolute Gasteiger partial charge is 0.320 e. The van der Waals surface area contributed by atoms with Crippen molar-refractivity contribution < 1.29 is 24.6 Å². The molecule has 0 amide bonds. The van der Waals surface area contributed by atoms with Crippen molar-refractivity contribution >= 4 is 35.6 Å². The van der Waals surface area contributed by atoms with Gasteiger partial charge < -0.3 is 21.7 Å². The van der Waals surface area contributed by atoms with Crippen LogP contribution in [-0.2, 0) is 14.4 Å². The van der Waals surface area contributed by atoms with Crippen LogP contribution in [0, 0.1) is 0 Å². The molecule has 0 fully saturated rings. The third kappa shape index (κ3) is 9.68. The highest BCUT2D eigenvalue weighted by Crippen LogP contribution is 2.07. The van der Waals surface area contributed by atoms with Crippen LogP contribution in [0.1, 0.15) is 25.7 Å². The van der Waals surface area contributed by atoms with E-state index in [-0.39, 0.29) is 25.2 Å². The van der Waals surface area contributed by atoms with Crippen LogP contribution in [0.25, 0.3) is 0 Å². The van der Waals surface area contributed by atoms with Gasteiger partial charge in [0.25, 0.3) is 0 Å². The van der Waals surface area contributed by atoms with Crippen molar-refractivity contribution in [3.05, 3.63) is 0 Å². The summed E-state index contributed by atoms with van der Waals surface area (Å²) >= 11 is 3.69. The Morgan fingerprint density at radius 2 is 1.76 bits per heavy atom. The summed E-state index contributed by atoms with van der Waals surface area (Å²) in [5.74, 6) is -2.40. The third-order valence-corrected chi connectivity index (χ3v) is 2.90. The zero-order chi connectivity index (χ0) is 16.4. The fraction of sp³-hybridized carbons (Fsp3) is 0.636. The highest BCUT2D eigenvalue weighted by Gasteiger charge is 2.24. The first kappa shape index (κ1) is 19.2. The number of nitrogens with two attached hydrogens (primary N) is 2. The Kier molecular flexibility index (Phi) is 9.13. The van der Waals surface area contributed by atoms with Gasteiger partial charge in [0.1, 0.15) is 6.04 Å². The van der Waals surface area contributed by atoms with E-state index in [0.29, 0.717) is 13.0 Å². The van der Waals surface area contributed by atoms with Gasteiger partial charge in [0.05, 0.1) is 6.04 Å². The number of carbonyl (C=O) groups excluding carboxylic acids is 1. The summed E-state index contributed by atoms with van der Waals surface area (Å²) in [7, 11) is 0. The van der Waals surface area contributed by atoms with Gasteiger partial charge in [0.2, 0.25) is 5.12 Å². The van der Waals surface area contributed by atoms with Gasteiger partial charge in [0, 0.05) is 13.0 Å². The zero-order valence-electron chi connectivity index (χ0n) is 11.4. The van der Waals surface area contributed by atoms with Crippen LogP contribution >= 0.6 is 12.6 Å². The molecule has 0 aromatic carbocycles. The van der Waals surface area contributed by atoms with E-state index in [1.54, 1.807) is 0 Å². The number of nitrogens with zero attached hydrogens (tertiary/aromatic N) is 1. The predicted octanol–water partition coefficient (Wildman–Crippen LogP) is -1.23. The molecule has 0 rings (SSSR count). The van der Waals surface area contributed by atoms with Crippen molar-refractivity contribution in [1.29, 1.82) is 0 Å². The van der Waals surface area contributed by atoms with E-state index in [1.165, 1.54) is 0 Å². The molecule has 0 heterocycles. The number of thiol groups is 1. The third-order valence-electron chi connectivity index (χ3n) is 2.59. The Morgan fingerprint density at radius 3 is 2.19 bits per heavy atom. The monoisotopic (exact) mass is 320 g/mol. The van der Waals surface area contributed by atoms with Gasteiger partial charge in [-0.1, -0.05) is 0 Å². The largest absolute Gasteiger partial charge is 0.481 e. The van der Waals surface area contributed by atoms with Gasteiger partial charge in [-0.05, 0) is 19.3 Å². The molecule has 0 saturated carbocycles. The normalized spacial score (nSPS) is 13.2. The summed E-state index contributed by atoms with van der Waals surface area (Å²) in [4.78, 5) is 36.6. The molecule has 21 heavy (non-hydrogen) atoms. The fourth-order valence-corrected chi connectivity index (χ4v) is 1.77. The highest BCUT2D eigenvalue weighted by molar-refractivity contribution is 7.96. The molecule has 0 aromatic rings. The van der Waals surface area contributed by atoms with E-state index in [0.717, 1.165) is 0 Å². The molecule has 2 atom stereocenters. The molecular formula is C11H20N4O5S. The Bertz CT molecular complexity index is 411. The Balaban J connectivity index is 4.49. The molecule has 0 aliphatic heterocycles. The Morgan fingerprint density at radius 1 is 1.14 bits per heavy atom. The average molecular weight is 320 g/mol. The van der Waals surface area contributed by atoms with Crippen LogP contribution in [0.2, 0.25) is 0 Å². The minimum Gasteiger partial charge on any atom is -0.481 e. The second-order valence-electron chi connectivity index (χ2n) is 4.33. The first-order chi connectivity index (χ1) is 9.73. The van der Waals surface area contributed by atoms with Gasteiger partial charge in [-0.2, -0.15) is 0 Å². The van der Waals surface area contributed by atoms with Crippen LogP contribution in [0.15, 0.2) is 4.99 Å². The molecule has 0 saturated heterocycles. The van der Waals surface area contributed by atoms with Gasteiger partial charge in [-0.25, -0.2) is 0 Å². The lowest BCUT2D eigenvalue weighted by molar-refractivity contribution is -0.141. The molecule has 0 aliphatic rings. The van der Waals surface area contributed by atoms with Crippen molar-refractivity contribution in [2.45, 2.75) is 37.8 Å². The quantitative estimate of drug-likeness (QED) is 0.119. The van der Waals surface area contributed by atoms with E-state index < -0.39 is 29.1 Å². The summed E-state index contributed by atoms with van der Waals surface area (Å²) < 4.78 is 0. The number of hydrogen-bond acceptors (Lipinski definition) is 5. The highest BCUT2D eigenvalue weighted by atomic mass is 32.1. The zero-order valence-corrected chi connectivity index (χ0v) is 12.3. The van der Waals surface area contributed by atoms with Gasteiger partial charge in [-0.3, -0.25) is 24.7 Å². The number of carboxylic acids is 2. The number of aliphatic carboxylic acids is 2. The Hall–Kier alpha value is -1.81. The first-order valence-electron chi connectivity index (χ1n) is 6.23. The minimum atomic E-state index is -1.22. The fourth-order valence-electron chi connectivity index (χ4n) is 1.57. The second kappa shape index (κ2) is 10.00. The number of nitrogens with one attached hydrogen (secondary N) is 1. The maximum absolute atomic E-state index is 11.4. The van der Waals surface area contributed by atoms with Crippen LogP contribution in [-0.4, -0.2) is 51.9 Å². The summed E-state index contributed by atoms with van der Waals surface area (Å²) in [5, 5.41) is 19.7. The van der Waals surface area contributed by atoms with E-state index in [1.807, 2.05) is 0 Å². The van der Waals surface area contributed by atoms with Crippen molar-refractivity contribution in [2.75, 3.05) is 6.54 Å². The van der Waals surface area contributed by atoms with Crippen LogP contribution in [0.5, 0.6) is 0 Å². The Labute approximate surface area is 127 Å². The van der Waals surface area contributed by atoms with Crippen molar-refractivity contribution in [3.63, 3.8) is 0 Å². The van der Waals surface area contributed by atoms with E-state index >= 15 is 0 Å². The molecule has 0 radical (unpaired) electrons. The first-order valence-corrected chi connectivity index (χ1v) is 6.67. The van der Waals surface area contributed by atoms with Crippen molar-refractivity contribution in [1.82, 2.24) is 5.32 Å². The maximum Gasteiger partial charge on any atom is 0.320 e. The van der Waals surface area contributed by atoms with E-state index in [2.05, 4.69) is 22.9 Å². The number of hydrogen-bond donors (Lipinski definition) is 6. The number of carboxylic acid groups (broad SMARTS) is 2. The summed E-state index contributed by atoms with van der Waals surface area (Å²) in [5.41, 5.74) is 10.3. The molecular weight excluding hydrogens is 300 g/mol. The minimum absolute atomic E-state index is 0.0680. The summed E-state index contributed by atoms with van der Waals surface area (Å²) in [6, 6.07) is -1.94. The topological polar surface area (TPSA) is 168 Å². The SMILES string of the molecule is NC(N)=NCCCC(NC(CCC(=O)O)C(=O)O)C(=O)S. The van der Waals surface area contributed by atoms with Crippen molar-refractivity contribution in [3.8, 4) is 0 Å². The van der Waals surface area contributed by atoms with Crippen LogP contribution < -0.4 is 16.8 Å². The standard InChI is InChI=1S/C11H20N4O5S/c12-11(13)14-5-1-2-7(10(20)21)15-6(9(18)19)3-4-8(16)17/h6-7,15H,1-5H2,(H,16,17)(H,18,19)(H,20,21)(H4,12,13,14). The maximum atomic E-state index is 11.4. The van der Waals surface area contributed by atoms with Gasteiger partial charge >= 0.3 is 11.9 Å². The van der Waals surface area contributed by atoms with E-state index in [4.69, 9.17) is 21.7 Å². The molecule has 0 aliphatic carbocycles. The second-order valence-corrected chi connectivity index (χ2v) is 4.77. The molecule has 9 nitrogen and oxygen atoms in total. The number of rotatable bonds is 11. The van der Waals surface area contributed by atoms with Crippen molar-refractivity contribution in [2.24, 2.45) is 16.5 Å². The molecule has 2 unspecified atom stereocenters. The molecule has 0 spiro atoms. The lowest BCUT2D eigenvalue weighted by atomic mass is 10.1. The lowest BCUT2D eigenvalue weighted by Crippen LogP contribution is -2.46. The number of aliphatic imine (C=N–C) groups is 1. The van der Waals surface area contributed by atoms with E-state index in [9.17, 15) is 14.4 Å². The van der Waals surface area contributed by atoms with Crippen LogP contribution in [0.3, 0.4) is 0 Å². The summed E-state index contributed by atoms with van der Waals surface area (Å²) in [6.07, 6.45) is 0.296. The number of carbonyl (C=O) groups is 3. The molecule has 0 aromatic heterocycles. The number of guanidine groups is 1. The molecule has 0 bridgehead atoms. The van der Waals surface area contributed by atoms with Gasteiger partial charge in [-0.15, -0.1) is 12.6 Å². The predicted molar refractivity (Wildman–Crippen MR) is 79.1 cm³/mol.